The van der Waals surface area contributed by atoms with Crippen molar-refractivity contribution in [1.82, 2.24) is 5.32 Å². The molecule has 2 aliphatic rings. The van der Waals surface area contributed by atoms with Gasteiger partial charge in [0.15, 0.2) is 0 Å². The molecule has 0 aromatic carbocycles. The zero-order valence-corrected chi connectivity index (χ0v) is 10.4. The molecular formula is C14H21N. The highest BCUT2D eigenvalue weighted by atomic mass is 14.9. The zero-order valence-electron chi connectivity index (χ0n) is 10.4. The molecule has 0 aromatic heterocycles. The molecule has 0 saturated heterocycles. The van der Waals surface area contributed by atoms with E-state index in [2.05, 4.69) is 58.2 Å². The SMILES string of the molecule is CC1=CC2C(=CC(C(C)(C)C)=CC2C)N1. The molecule has 1 nitrogen and oxygen atoms in total. The van der Waals surface area contributed by atoms with Gasteiger partial charge in [-0.3, -0.25) is 0 Å². The average Bonchev–Trinajstić information content (AvgIpc) is 2.44. The van der Waals surface area contributed by atoms with Crippen molar-refractivity contribution in [3.05, 3.63) is 35.2 Å². The molecule has 0 aromatic rings. The second-order valence-electron chi connectivity index (χ2n) is 5.83. The predicted molar refractivity (Wildman–Crippen MR) is 65.2 cm³/mol. The second-order valence-corrected chi connectivity index (χ2v) is 5.83. The van der Waals surface area contributed by atoms with E-state index < -0.39 is 0 Å². The van der Waals surface area contributed by atoms with Crippen molar-refractivity contribution in [2.24, 2.45) is 17.3 Å². The van der Waals surface area contributed by atoms with Crippen molar-refractivity contribution in [2.45, 2.75) is 34.6 Å². The lowest BCUT2D eigenvalue weighted by atomic mass is 9.77. The third kappa shape index (κ3) is 1.88. The molecule has 1 heteroatoms. The minimum atomic E-state index is 0.254. The van der Waals surface area contributed by atoms with E-state index in [4.69, 9.17) is 0 Å². The summed E-state index contributed by atoms with van der Waals surface area (Å²) in [6, 6.07) is 0. The van der Waals surface area contributed by atoms with Crippen LogP contribution < -0.4 is 5.32 Å². The number of hydrogen-bond acceptors (Lipinski definition) is 1. The van der Waals surface area contributed by atoms with E-state index in [1.54, 1.807) is 0 Å². The smallest absolute Gasteiger partial charge is 0.0250 e. The van der Waals surface area contributed by atoms with E-state index in [9.17, 15) is 0 Å². The van der Waals surface area contributed by atoms with Gasteiger partial charge in [0.1, 0.15) is 0 Å². The zero-order chi connectivity index (χ0) is 11.2. The fraction of sp³-hybridized carbons (Fsp3) is 0.571. The van der Waals surface area contributed by atoms with Gasteiger partial charge in [-0.15, -0.1) is 0 Å². The minimum absolute atomic E-state index is 0.254. The topological polar surface area (TPSA) is 12.0 Å². The predicted octanol–water partition coefficient (Wildman–Crippen LogP) is 3.62. The van der Waals surface area contributed by atoms with E-state index in [0.717, 1.165) is 0 Å². The van der Waals surface area contributed by atoms with Crippen LogP contribution in [0.5, 0.6) is 0 Å². The molecule has 82 valence electrons. The highest BCUT2D eigenvalue weighted by molar-refractivity contribution is 5.40. The van der Waals surface area contributed by atoms with Crippen LogP contribution >= 0.6 is 0 Å². The Hall–Kier alpha value is -0.980. The fourth-order valence-corrected chi connectivity index (χ4v) is 2.35. The summed E-state index contributed by atoms with van der Waals surface area (Å²) in [5.41, 5.74) is 4.38. The van der Waals surface area contributed by atoms with E-state index in [1.165, 1.54) is 17.0 Å². The van der Waals surface area contributed by atoms with Crippen LogP contribution in [0.25, 0.3) is 0 Å². The van der Waals surface area contributed by atoms with Crippen LogP contribution in [-0.2, 0) is 0 Å². The Morgan fingerprint density at radius 2 is 1.87 bits per heavy atom. The maximum absolute atomic E-state index is 3.47. The van der Waals surface area contributed by atoms with E-state index in [0.29, 0.717) is 11.8 Å². The molecule has 2 atom stereocenters. The summed E-state index contributed by atoms with van der Waals surface area (Å²) in [5.74, 6) is 1.19. The molecule has 0 saturated carbocycles. The van der Waals surface area contributed by atoms with Gasteiger partial charge in [0.25, 0.3) is 0 Å². The molecule has 1 heterocycles. The lowest BCUT2D eigenvalue weighted by molar-refractivity contribution is 0.482. The summed E-state index contributed by atoms with van der Waals surface area (Å²) in [6.07, 6.45) is 7.09. The van der Waals surface area contributed by atoms with E-state index >= 15 is 0 Å². The van der Waals surface area contributed by atoms with Gasteiger partial charge >= 0.3 is 0 Å². The molecule has 0 fully saturated rings. The molecule has 2 unspecified atom stereocenters. The van der Waals surface area contributed by atoms with Gasteiger partial charge in [0.2, 0.25) is 0 Å². The minimum Gasteiger partial charge on any atom is -0.362 e. The molecule has 1 aliphatic heterocycles. The molecule has 0 amide bonds. The fourth-order valence-electron chi connectivity index (χ4n) is 2.35. The molecule has 2 rings (SSSR count). The third-order valence-corrected chi connectivity index (χ3v) is 3.32. The van der Waals surface area contributed by atoms with Crippen LogP contribution in [0.4, 0.5) is 0 Å². The van der Waals surface area contributed by atoms with Gasteiger partial charge in [-0.05, 0) is 29.9 Å². The first-order valence-corrected chi connectivity index (χ1v) is 5.77. The highest BCUT2D eigenvalue weighted by Crippen LogP contribution is 2.39. The molecule has 1 aliphatic carbocycles. The quantitative estimate of drug-likeness (QED) is 0.634. The molecule has 15 heavy (non-hydrogen) atoms. The largest absolute Gasteiger partial charge is 0.362 e. The monoisotopic (exact) mass is 203 g/mol. The van der Waals surface area contributed by atoms with Crippen molar-refractivity contribution in [1.29, 1.82) is 0 Å². The van der Waals surface area contributed by atoms with Crippen LogP contribution in [0.3, 0.4) is 0 Å². The van der Waals surface area contributed by atoms with Gasteiger partial charge in [-0.2, -0.15) is 0 Å². The summed E-state index contributed by atoms with van der Waals surface area (Å²) in [5, 5.41) is 3.47. The van der Waals surface area contributed by atoms with Crippen LogP contribution in [-0.4, -0.2) is 0 Å². The number of fused-ring (bicyclic) bond motifs is 1. The summed E-state index contributed by atoms with van der Waals surface area (Å²) in [4.78, 5) is 0. The van der Waals surface area contributed by atoms with Crippen molar-refractivity contribution in [3.63, 3.8) is 0 Å². The number of allylic oxidation sites excluding steroid dienone is 5. The van der Waals surface area contributed by atoms with Crippen molar-refractivity contribution in [3.8, 4) is 0 Å². The molecule has 1 N–H and O–H groups in total. The molecule has 0 bridgehead atoms. The number of hydrogen-bond donors (Lipinski definition) is 1. The third-order valence-electron chi connectivity index (χ3n) is 3.32. The Morgan fingerprint density at radius 1 is 1.20 bits per heavy atom. The lowest BCUT2D eigenvalue weighted by Crippen LogP contribution is -2.21. The normalized spacial score (nSPS) is 30.1. The molecule has 0 spiro atoms. The molecular weight excluding hydrogens is 182 g/mol. The van der Waals surface area contributed by atoms with E-state index in [-0.39, 0.29) is 5.41 Å². The van der Waals surface area contributed by atoms with Crippen LogP contribution in [0, 0.1) is 17.3 Å². The van der Waals surface area contributed by atoms with E-state index in [1.807, 2.05) is 0 Å². The Morgan fingerprint density at radius 3 is 2.47 bits per heavy atom. The van der Waals surface area contributed by atoms with Gasteiger partial charge < -0.3 is 5.32 Å². The van der Waals surface area contributed by atoms with Gasteiger partial charge in [-0.1, -0.05) is 39.8 Å². The van der Waals surface area contributed by atoms with Crippen molar-refractivity contribution in [2.75, 3.05) is 0 Å². The highest BCUT2D eigenvalue weighted by Gasteiger charge is 2.29. The summed E-state index contributed by atoms with van der Waals surface area (Å²) >= 11 is 0. The number of nitrogens with one attached hydrogen (secondary N) is 1. The maximum Gasteiger partial charge on any atom is 0.0250 e. The first-order valence-electron chi connectivity index (χ1n) is 5.77. The lowest BCUT2D eigenvalue weighted by Gasteiger charge is -2.29. The summed E-state index contributed by atoms with van der Waals surface area (Å²) in [7, 11) is 0. The standard InChI is InChI=1S/C14H21N/c1-9-6-11(14(3,4)5)8-13-12(9)7-10(2)15-13/h6-9,12,15H,1-5H3. The Balaban J connectivity index is 2.33. The van der Waals surface area contributed by atoms with Crippen LogP contribution in [0.1, 0.15) is 34.6 Å². The van der Waals surface area contributed by atoms with Crippen LogP contribution in [0.2, 0.25) is 0 Å². The Labute approximate surface area is 93.0 Å². The molecule has 0 radical (unpaired) electrons. The van der Waals surface area contributed by atoms with Gasteiger partial charge in [0, 0.05) is 17.3 Å². The first kappa shape index (κ1) is 10.5. The maximum atomic E-state index is 3.47. The second kappa shape index (κ2) is 3.26. The van der Waals surface area contributed by atoms with Crippen molar-refractivity contribution >= 4 is 0 Å². The number of rotatable bonds is 0. The Bertz CT molecular complexity index is 363. The average molecular weight is 203 g/mol. The van der Waals surface area contributed by atoms with Crippen LogP contribution in [0.15, 0.2) is 35.2 Å². The Kier molecular flexibility index (Phi) is 2.29. The first-order chi connectivity index (χ1) is 6.88. The van der Waals surface area contributed by atoms with Gasteiger partial charge in [-0.25, -0.2) is 0 Å². The summed E-state index contributed by atoms with van der Waals surface area (Å²) < 4.78 is 0. The van der Waals surface area contributed by atoms with Gasteiger partial charge in [0.05, 0.1) is 0 Å². The summed E-state index contributed by atoms with van der Waals surface area (Å²) in [6.45, 7) is 11.3. The van der Waals surface area contributed by atoms with Crippen molar-refractivity contribution < 1.29 is 0 Å².